The van der Waals surface area contributed by atoms with Crippen LogP contribution in [-0.4, -0.2) is 72.2 Å². The number of aliphatic hydroxyl groups is 1. The quantitative estimate of drug-likeness (QED) is 0.112. The van der Waals surface area contributed by atoms with Gasteiger partial charge in [0.25, 0.3) is 0 Å². The van der Waals surface area contributed by atoms with Gasteiger partial charge in [0, 0.05) is 46.0 Å². The molecule has 4 aromatic heterocycles. The van der Waals surface area contributed by atoms with Gasteiger partial charge >= 0.3 is 11.9 Å². The first-order chi connectivity index (χ1) is 23.7. The maximum Gasteiger partial charge on any atom is 0.303 e. The van der Waals surface area contributed by atoms with Crippen molar-refractivity contribution in [1.82, 2.24) is 25.3 Å². The molecule has 8 bridgehead atoms. The number of aliphatic carboxylic acids is 2. The molecule has 266 valence electrons. The van der Waals surface area contributed by atoms with E-state index >= 15 is 0 Å². The number of H-pyrrole nitrogens is 4. The normalized spacial score (nSPS) is 13.7. The van der Waals surface area contributed by atoms with Gasteiger partial charge in [-0.25, -0.2) is 0 Å². The van der Waals surface area contributed by atoms with Crippen molar-refractivity contribution in [3.63, 3.8) is 0 Å². The molecule has 5 heterocycles. The van der Waals surface area contributed by atoms with Gasteiger partial charge in [0.15, 0.2) is 5.78 Å². The number of aromatic amines is 4. The highest BCUT2D eigenvalue weighted by Gasteiger charge is 2.30. The van der Waals surface area contributed by atoms with Crippen molar-refractivity contribution in [2.45, 2.75) is 99.1 Å². The molecule has 0 saturated heterocycles. The molecule has 0 amide bonds. The summed E-state index contributed by atoms with van der Waals surface area (Å²) in [5, 5.41) is 36.0. The van der Waals surface area contributed by atoms with Crippen LogP contribution in [0.1, 0.15) is 101 Å². The third kappa shape index (κ3) is 6.67. The minimum Gasteiger partial charge on any atom is -0.481 e. The van der Waals surface area contributed by atoms with Crippen LogP contribution >= 0.6 is 0 Å². The SMILES string of the molecule is CCc1c2[nH]c(c1C)C(C(=O)[C@@H](NC)[C@@H](C)O)=c1[nH]c(c(C)c1CC)=Cc1[nH]c(c(CCC(=O)O)c1C)C=c1[nH]c(c(C)c1CCC(=O)O)=C2. The molecular weight excluding hydrogens is 634 g/mol. The van der Waals surface area contributed by atoms with E-state index in [-0.39, 0.29) is 18.6 Å². The zero-order valence-electron chi connectivity index (χ0n) is 30.2. The van der Waals surface area contributed by atoms with Gasteiger partial charge in [-0.3, -0.25) is 14.4 Å². The Morgan fingerprint density at radius 3 is 1.80 bits per heavy atom. The van der Waals surface area contributed by atoms with E-state index in [0.717, 1.165) is 77.6 Å². The number of ketones is 1. The number of nitrogens with one attached hydrogen (secondary N) is 5. The summed E-state index contributed by atoms with van der Waals surface area (Å²) in [6.07, 6.45) is 6.86. The summed E-state index contributed by atoms with van der Waals surface area (Å²) in [7, 11) is 1.67. The number of Topliss-reactive ketones (excluding diaryl/α,β-unsaturated/α-hetero) is 1. The lowest BCUT2D eigenvalue weighted by atomic mass is 9.93. The number of carbonyl (C=O) groups is 3. The molecule has 0 radical (unpaired) electrons. The van der Waals surface area contributed by atoms with E-state index in [1.165, 1.54) is 0 Å². The fourth-order valence-electron chi connectivity index (χ4n) is 7.49. The molecule has 8 N–H and O–H groups in total. The molecule has 0 aliphatic carbocycles. The van der Waals surface area contributed by atoms with Crippen molar-refractivity contribution < 1.29 is 29.7 Å². The van der Waals surface area contributed by atoms with E-state index in [1.807, 2.05) is 45.9 Å². The van der Waals surface area contributed by atoms with Crippen LogP contribution in [0, 0.1) is 27.7 Å². The van der Waals surface area contributed by atoms with Gasteiger partial charge < -0.3 is 40.6 Å². The lowest BCUT2D eigenvalue weighted by Crippen LogP contribution is -2.45. The van der Waals surface area contributed by atoms with Gasteiger partial charge in [0.1, 0.15) is 0 Å². The first-order valence-corrected chi connectivity index (χ1v) is 17.3. The average Bonchev–Trinajstić information content (AvgIpc) is 3.72. The number of hydrogen-bond acceptors (Lipinski definition) is 5. The van der Waals surface area contributed by atoms with Gasteiger partial charge in [-0.2, -0.15) is 0 Å². The van der Waals surface area contributed by atoms with Crippen molar-refractivity contribution >= 4 is 41.5 Å². The lowest BCUT2D eigenvalue weighted by molar-refractivity contribution is -0.138. The summed E-state index contributed by atoms with van der Waals surface area (Å²) in [5.41, 5.74) is 10.9. The van der Waals surface area contributed by atoms with Gasteiger partial charge in [-0.1, -0.05) is 13.8 Å². The average molecular weight is 684 g/mol. The van der Waals surface area contributed by atoms with Crippen LogP contribution in [0.15, 0.2) is 0 Å². The van der Waals surface area contributed by atoms with Crippen molar-refractivity contribution in [2.24, 2.45) is 0 Å². The second-order valence-corrected chi connectivity index (χ2v) is 13.3. The zero-order chi connectivity index (χ0) is 36.6. The molecule has 11 heteroatoms. The number of aliphatic hydroxyl groups excluding tert-OH is 1. The minimum absolute atomic E-state index is 0.0517. The van der Waals surface area contributed by atoms with Crippen molar-refractivity contribution in [2.75, 3.05) is 7.05 Å². The molecule has 0 spiro atoms. The summed E-state index contributed by atoms with van der Waals surface area (Å²) >= 11 is 0. The Kier molecular flexibility index (Phi) is 10.6. The second kappa shape index (κ2) is 14.5. The Hall–Kier alpha value is -4.87. The summed E-state index contributed by atoms with van der Waals surface area (Å²) in [6.45, 7) is 13.7. The van der Waals surface area contributed by atoms with Crippen LogP contribution in [0.25, 0.3) is 23.8 Å². The molecular formula is C39H49N5O6. The van der Waals surface area contributed by atoms with Gasteiger partial charge in [-0.15, -0.1) is 0 Å². The molecule has 0 unspecified atom stereocenters. The Morgan fingerprint density at radius 1 is 0.680 bits per heavy atom. The fourth-order valence-corrected chi connectivity index (χ4v) is 7.49. The van der Waals surface area contributed by atoms with Crippen LogP contribution in [-0.2, 0) is 40.1 Å². The highest BCUT2D eigenvalue weighted by Crippen LogP contribution is 2.27. The molecule has 50 heavy (non-hydrogen) atoms. The van der Waals surface area contributed by atoms with Crippen LogP contribution in [0.5, 0.6) is 0 Å². The molecule has 0 fully saturated rings. The van der Waals surface area contributed by atoms with Gasteiger partial charge in [-0.05, 0) is 130 Å². The number of carboxylic acids is 2. The number of rotatable bonds is 12. The third-order valence-corrected chi connectivity index (χ3v) is 10.3. The van der Waals surface area contributed by atoms with Crippen LogP contribution in [0.4, 0.5) is 0 Å². The molecule has 4 aromatic rings. The van der Waals surface area contributed by atoms with Gasteiger partial charge in [0.05, 0.1) is 28.8 Å². The first-order valence-electron chi connectivity index (χ1n) is 17.3. The topological polar surface area (TPSA) is 187 Å². The van der Waals surface area contributed by atoms with E-state index in [0.29, 0.717) is 42.3 Å². The smallest absolute Gasteiger partial charge is 0.303 e. The van der Waals surface area contributed by atoms with Crippen molar-refractivity contribution in [3.05, 3.63) is 88.7 Å². The highest BCUT2D eigenvalue weighted by atomic mass is 16.4. The standard InChI is InChI=1S/C39H49N5O6/c1-9-23-21(6)36-35(39(50)37(40-8)22(7)45)38-24(10-2)18(3)29(43-38)15-27-19(4)25(11-13-33(46)47)31(41-27)17-32-26(12-14-34(48)49)20(5)28(42-32)16-30(23)44-36/h15-17,22,37,40-45H,9-14H2,1-8H3,(H,46,47)(H,48,49)/t22-,37+/m1/s1. The highest BCUT2D eigenvalue weighted by molar-refractivity contribution is 6.23. The van der Waals surface area contributed by atoms with Gasteiger partial charge in [0.2, 0.25) is 0 Å². The maximum atomic E-state index is 14.6. The number of carboxylic acid groups (broad SMARTS) is 2. The first kappa shape index (κ1) is 36.4. The van der Waals surface area contributed by atoms with Crippen molar-refractivity contribution in [1.29, 1.82) is 0 Å². The number of carbonyl (C=O) groups excluding carboxylic acids is 1. The largest absolute Gasteiger partial charge is 0.481 e. The van der Waals surface area contributed by atoms with E-state index in [2.05, 4.69) is 39.1 Å². The van der Waals surface area contributed by atoms with E-state index in [9.17, 15) is 29.7 Å². The zero-order valence-corrected chi connectivity index (χ0v) is 30.2. The number of fused-ring (bicyclic) bond motifs is 8. The summed E-state index contributed by atoms with van der Waals surface area (Å²) in [4.78, 5) is 52.3. The number of hydrogen-bond donors (Lipinski definition) is 8. The summed E-state index contributed by atoms with van der Waals surface area (Å²) in [5.74, 6) is -2.04. The van der Waals surface area contributed by atoms with Crippen LogP contribution < -0.4 is 26.7 Å². The molecule has 1 aliphatic rings. The van der Waals surface area contributed by atoms with Crippen molar-refractivity contribution in [3.8, 4) is 0 Å². The van der Waals surface area contributed by atoms with E-state index in [4.69, 9.17) is 0 Å². The lowest BCUT2D eigenvalue weighted by Gasteiger charge is -2.20. The molecule has 2 atom stereocenters. The predicted molar refractivity (Wildman–Crippen MR) is 194 cm³/mol. The summed E-state index contributed by atoms with van der Waals surface area (Å²) in [6, 6.07) is -0.859. The number of aromatic nitrogens is 4. The summed E-state index contributed by atoms with van der Waals surface area (Å²) < 4.78 is 0. The van der Waals surface area contributed by atoms with E-state index < -0.39 is 24.1 Å². The molecule has 11 nitrogen and oxygen atoms in total. The minimum atomic E-state index is -0.954. The van der Waals surface area contributed by atoms with E-state index in [1.54, 1.807) is 14.0 Å². The van der Waals surface area contributed by atoms with Crippen LogP contribution in [0.3, 0.4) is 0 Å². The fraction of sp³-hybridized carbons (Fsp3) is 0.410. The maximum absolute atomic E-state index is 14.6. The Morgan fingerprint density at radius 2 is 1.22 bits per heavy atom. The monoisotopic (exact) mass is 683 g/mol. The predicted octanol–water partition coefficient (Wildman–Crippen LogP) is 1.93. The molecule has 0 aromatic carbocycles. The number of likely N-dealkylation sites (N-methyl/N-ethyl adjacent to an activating group) is 1. The second-order valence-electron chi connectivity index (χ2n) is 13.3. The molecule has 1 aliphatic heterocycles. The van der Waals surface area contributed by atoms with Crippen LogP contribution in [0.2, 0.25) is 0 Å². The Bertz CT molecular complexity index is 2240. The molecule has 0 saturated carbocycles. The third-order valence-electron chi connectivity index (χ3n) is 10.3. The Labute approximate surface area is 290 Å². The molecule has 5 rings (SSSR count). The Balaban J connectivity index is 2.01.